The zero-order valence-corrected chi connectivity index (χ0v) is 12.7. The fourth-order valence-electron chi connectivity index (χ4n) is 1.59. The molecule has 4 heteroatoms. The van der Waals surface area contributed by atoms with E-state index in [0.717, 1.165) is 5.70 Å². The van der Waals surface area contributed by atoms with E-state index < -0.39 is 0 Å². The van der Waals surface area contributed by atoms with E-state index in [1.165, 1.54) is 0 Å². The number of carbonyl (C=O) groups excluding carboxylic acids is 1. The van der Waals surface area contributed by atoms with E-state index in [9.17, 15) is 4.79 Å². The van der Waals surface area contributed by atoms with Crippen molar-refractivity contribution in [2.75, 3.05) is 6.54 Å². The molecule has 108 valence electrons. The maximum atomic E-state index is 11.8. The summed E-state index contributed by atoms with van der Waals surface area (Å²) in [6.07, 6.45) is 1.75. The van der Waals surface area contributed by atoms with Crippen LogP contribution in [0.4, 0.5) is 0 Å². The highest BCUT2D eigenvalue weighted by Crippen LogP contribution is 2.14. The second-order valence-corrected chi connectivity index (χ2v) is 5.28. The molecule has 1 amide bonds. The third-order valence-electron chi connectivity index (χ3n) is 2.96. The highest BCUT2D eigenvalue weighted by atomic mass is 16.2. The Hall–Kier alpha value is -2.15. The Morgan fingerprint density at radius 3 is 2.65 bits per heavy atom. The van der Waals surface area contributed by atoms with Gasteiger partial charge < -0.3 is 15.5 Å². The summed E-state index contributed by atoms with van der Waals surface area (Å²) in [5.41, 5.74) is 1.39. The molecule has 0 aliphatic carbocycles. The van der Waals surface area contributed by atoms with Crippen LogP contribution in [0.2, 0.25) is 0 Å². The predicted octanol–water partition coefficient (Wildman–Crippen LogP) is 1.94. The molecule has 0 aromatic carbocycles. The minimum Gasteiger partial charge on any atom is -0.378 e. The molecule has 0 saturated heterocycles. The Kier molecular flexibility index (Phi) is 5.45. The van der Waals surface area contributed by atoms with Crippen LogP contribution >= 0.6 is 0 Å². The minimum atomic E-state index is -0.206. The number of rotatable bonds is 4. The van der Waals surface area contributed by atoms with Crippen molar-refractivity contribution in [2.45, 2.75) is 33.7 Å². The first-order valence-electron chi connectivity index (χ1n) is 6.75. The average Bonchev–Trinajstić information content (AvgIpc) is 2.35. The van der Waals surface area contributed by atoms with Crippen LogP contribution in [0.25, 0.3) is 0 Å². The number of hydrogen-bond acceptors (Lipinski definition) is 3. The van der Waals surface area contributed by atoms with Crippen molar-refractivity contribution < 1.29 is 4.79 Å². The molecule has 0 saturated carbocycles. The lowest BCUT2D eigenvalue weighted by Crippen LogP contribution is -2.40. The van der Waals surface area contributed by atoms with Gasteiger partial charge in [0.25, 0.3) is 5.91 Å². The van der Waals surface area contributed by atoms with E-state index in [1.54, 1.807) is 6.20 Å². The first kappa shape index (κ1) is 15.9. The molecule has 0 spiro atoms. The molecular formula is C16H23N3O. The lowest BCUT2D eigenvalue weighted by molar-refractivity contribution is -0.117. The number of amides is 1. The van der Waals surface area contributed by atoms with Crippen molar-refractivity contribution in [1.82, 2.24) is 15.5 Å². The van der Waals surface area contributed by atoms with Gasteiger partial charge in [-0.2, -0.15) is 0 Å². The maximum Gasteiger partial charge on any atom is 0.266 e. The van der Waals surface area contributed by atoms with Gasteiger partial charge in [-0.1, -0.05) is 38.8 Å². The second kappa shape index (κ2) is 6.85. The molecule has 1 rings (SSSR count). The van der Waals surface area contributed by atoms with Gasteiger partial charge in [0.05, 0.1) is 6.54 Å². The molecule has 1 aliphatic heterocycles. The number of hydrogen-bond donors (Lipinski definition) is 2. The van der Waals surface area contributed by atoms with E-state index >= 15 is 0 Å². The van der Waals surface area contributed by atoms with Crippen molar-refractivity contribution in [3.8, 4) is 11.8 Å². The molecule has 0 radical (unpaired) electrons. The summed E-state index contributed by atoms with van der Waals surface area (Å²) in [6.45, 7) is 16.4. The summed E-state index contributed by atoms with van der Waals surface area (Å²) in [5, 5.41) is 5.83. The molecular weight excluding hydrogens is 250 g/mol. The Balaban J connectivity index is 2.71. The minimum absolute atomic E-state index is 0.206. The number of allylic oxidation sites excluding steroid dienone is 1. The highest BCUT2D eigenvalue weighted by molar-refractivity contribution is 5.99. The number of nitrogens with zero attached hydrogens (tertiary/aromatic N) is 1. The number of carbonyl (C=O) groups is 1. The predicted molar refractivity (Wildman–Crippen MR) is 82.1 cm³/mol. The first-order valence-corrected chi connectivity index (χ1v) is 6.75. The molecule has 0 unspecified atom stereocenters. The maximum absolute atomic E-state index is 11.8. The molecule has 1 aliphatic rings. The van der Waals surface area contributed by atoms with Crippen LogP contribution < -0.4 is 10.6 Å². The molecule has 4 nitrogen and oxygen atoms in total. The molecule has 1 heterocycles. The molecule has 0 aromatic rings. The van der Waals surface area contributed by atoms with E-state index in [0.29, 0.717) is 23.9 Å². The summed E-state index contributed by atoms with van der Waals surface area (Å²) < 4.78 is 0. The van der Waals surface area contributed by atoms with Crippen LogP contribution in [-0.4, -0.2) is 23.4 Å². The van der Waals surface area contributed by atoms with Gasteiger partial charge in [-0.25, -0.2) is 0 Å². The summed E-state index contributed by atoms with van der Waals surface area (Å²) in [4.78, 5) is 13.7. The quantitative estimate of drug-likeness (QED) is 0.770. The van der Waals surface area contributed by atoms with Gasteiger partial charge in [0.15, 0.2) is 0 Å². The largest absolute Gasteiger partial charge is 0.378 e. The van der Waals surface area contributed by atoms with E-state index in [4.69, 9.17) is 0 Å². The van der Waals surface area contributed by atoms with Crippen molar-refractivity contribution in [1.29, 1.82) is 0 Å². The van der Waals surface area contributed by atoms with E-state index in [1.807, 2.05) is 18.7 Å². The number of nitrogens with one attached hydrogen (secondary N) is 2. The Labute approximate surface area is 121 Å². The Morgan fingerprint density at radius 2 is 2.10 bits per heavy atom. The van der Waals surface area contributed by atoms with Crippen molar-refractivity contribution >= 4 is 5.91 Å². The van der Waals surface area contributed by atoms with Gasteiger partial charge in [-0.3, -0.25) is 4.79 Å². The third-order valence-corrected chi connectivity index (χ3v) is 2.96. The highest BCUT2D eigenvalue weighted by Gasteiger charge is 2.21. The Morgan fingerprint density at radius 1 is 1.45 bits per heavy atom. The second-order valence-electron chi connectivity index (χ2n) is 5.28. The van der Waals surface area contributed by atoms with Crippen molar-refractivity contribution in [3.05, 3.63) is 36.4 Å². The SMILES string of the molecule is C=C(NCC#CC1=CN(C(C)C)C(=C)NC1=O)C(C)C. The molecule has 0 aromatic heterocycles. The van der Waals surface area contributed by atoms with Crippen LogP contribution in [0.5, 0.6) is 0 Å². The fraction of sp³-hybridized carbons (Fsp3) is 0.438. The summed E-state index contributed by atoms with van der Waals surface area (Å²) in [6, 6.07) is 0.221. The lowest BCUT2D eigenvalue weighted by atomic mass is 10.1. The van der Waals surface area contributed by atoms with Crippen LogP contribution in [0.3, 0.4) is 0 Å². The van der Waals surface area contributed by atoms with Crippen LogP contribution in [0, 0.1) is 17.8 Å². The van der Waals surface area contributed by atoms with Crippen LogP contribution in [-0.2, 0) is 4.79 Å². The first-order chi connectivity index (χ1) is 9.32. The van der Waals surface area contributed by atoms with Crippen LogP contribution in [0.15, 0.2) is 36.4 Å². The van der Waals surface area contributed by atoms with Gasteiger partial charge >= 0.3 is 0 Å². The summed E-state index contributed by atoms with van der Waals surface area (Å²) in [7, 11) is 0. The van der Waals surface area contributed by atoms with Crippen molar-refractivity contribution in [2.24, 2.45) is 5.92 Å². The van der Waals surface area contributed by atoms with Gasteiger partial charge in [0, 0.05) is 17.9 Å². The summed E-state index contributed by atoms with van der Waals surface area (Å²) >= 11 is 0. The molecule has 20 heavy (non-hydrogen) atoms. The topological polar surface area (TPSA) is 44.4 Å². The smallest absolute Gasteiger partial charge is 0.266 e. The molecule has 0 fully saturated rings. The van der Waals surface area contributed by atoms with Gasteiger partial charge in [-0.15, -0.1) is 0 Å². The standard InChI is InChI=1S/C16H23N3O/c1-11(2)13(5)17-9-7-8-15-10-19(12(3)4)14(6)18-16(15)20/h10-12,17H,5-6,9H2,1-4H3,(H,18,20). The normalized spacial score (nSPS) is 14.7. The van der Waals surface area contributed by atoms with Crippen LogP contribution in [0.1, 0.15) is 27.7 Å². The zero-order chi connectivity index (χ0) is 15.3. The lowest BCUT2D eigenvalue weighted by Gasteiger charge is -2.30. The Bertz CT molecular complexity index is 504. The van der Waals surface area contributed by atoms with Crippen molar-refractivity contribution in [3.63, 3.8) is 0 Å². The summed E-state index contributed by atoms with van der Waals surface area (Å²) in [5.74, 6) is 6.57. The van der Waals surface area contributed by atoms with E-state index in [-0.39, 0.29) is 11.9 Å². The fourth-order valence-corrected chi connectivity index (χ4v) is 1.59. The molecule has 2 N–H and O–H groups in total. The van der Waals surface area contributed by atoms with Gasteiger partial charge in [0.1, 0.15) is 11.4 Å². The zero-order valence-electron chi connectivity index (χ0n) is 12.7. The monoisotopic (exact) mass is 273 g/mol. The molecule has 0 bridgehead atoms. The van der Waals surface area contributed by atoms with E-state index in [2.05, 4.69) is 49.5 Å². The third kappa shape index (κ3) is 4.20. The van der Waals surface area contributed by atoms with Gasteiger partial charge in [-0.05, 0) is 19.8 Å². The average molecular weight is 273 g/mol. The van der Waals surface area contributed by atoms with Gasteiger partial charge in [0.2, 0.25) is 0 Å². The molecule has 0 atom stereocenters.